The standard InChI is InChI=1S/C36H36BrF3N8O6/c1-22(33(34(49)50)48-13-11-47(12-14-48)26-5-7-27(8-6-26)54-36(38,39)40)52-15-16-53-32-10-4-24(17-28(32)37)43-35(51)44-25-3-9-29-30(18-25)45-31(20-41-29)23-19-42-46(2)21-23/h3-10,17-22,33H,11-16H2,1-2H3,(H,49,50)(H2,43,44,51). The molecule has 284 valence electrons. The van der Waals surface area contributed by atoms with Crippen LogP contribution in [0.3, 0.4) is 0 Å². The second-order valence-electron chi connectivity index (χ2n) is 12.4. The molecular weight excluding hydrogens is 777 g/mol. The summed E-state index contributed by atoms with van der Waals surface area (Å²) in [6.45, 7) is 3.73. The van der Waals surface area contributed by atoms with Crippen LogP contribution in [0.5, 0.6) is 11.5 Å². The number of anilines is 3. The quantitative estimate of drug-likeness (QED) is 0.113. The van der Waals surface area contributed by atoms with Crippen molar-refractivity contribution < 1.29 is 42.1 Å². The van der Waals surface area contributed by atoms with Gasteiger partial charge in [0.25, 0.3) is 0 Å². The molecule has 3 N–H and O–H groups in total. The fraction of sp³-hybridized carbons (Fsp3) is 0.306. The van der Waals surface area contributed by atoms with Gasteiger partial charge < -0.3 is 34.9 Å². The lowest BCUT2D eigenvalue weighted by Gasteiger charge is -2.40. The van der Waals surface area contributed by atoms with E-state index in [-0.39, 0.29) is 19.0 Å². The molecule has 0 bridgehead atoms. The summed E-state index contributed by atoms with van der Waals surface area (Å²) in [7, 11) is 1.82. The van der Waals surface area contributed by atoms with Crippen LogP contribution in [0.1, 0.15) is 6.92 Å². The fourth-order valence-electron chi connectivity index (χ4n) is 6.02. The summed E-state index contributed by atoms with van der Waals surface area (Å²) in [6.07, 6.45) is -0.206. The molecule has 5 aromatic rings. The molecule has 1 aliphatic heterocycles. The number of aliphatic carboxylic acids is 1. The molecule has 3 aromatic carbocycles. The van der Waals surface area contributed by atoms with E-state index in [1.54, 1.807) is 72.5 Å². The van der Waals surface area contributed by atoms with E-state index in [9.17, 15) is 27.9 Å². The van der Waals surface area contributed by atoms with E-state index in [2.05, 4.69) is 46.4 Å². The van der Waals surface area contributed by atoms with Crippen LogP contribution in [0.4, 0.5) is 35.0 Å². The number of rotatable bonds is 13. The number of hydrogen-bond acceptors (Lipinski definition) is 10. The lowest BCUT2D eigenvalue weighted by Crippen LogP contribution is -2.56. The minimum atomic E-state index is -4.77. The summed E-state index contributed by atoms with van der Waals surface area (Å²) in [6, 6.07) is 14.5. The number of nitrogens with zero attached hydrogens (tertiary/aromatic N) is 6. The van der Waals surface area contributed by atoms with E-state index in [0.29, 0.717) is 70.2 Å². The zero-order valence-electron chi connectivity index (χ0n) is 29.1. The van der Waals surface area contributed by atoms with Gasteiger partial charge in [-0.05, 0) is 83.5 Å². The number of aromatic nitrogens is 4. The third-order valence-electron chi connectivity index (χ3n) is 8.55. The van der Waals surface area contributed by atoms with E-state index in [1.165, 1.54) is 12.1 Å². The van der Waals surface area contributed by atoms with Crippen molar-refractivity contribution in [3.8, 4) is 22.8 Å². The Hall–Kier alpha value is -5.46. The topological polar surface area (TPSA) is 156 Å². The van der Waals surface area contributed by atoms with Gasteiger partial charge in [0.2, 0.25) is 0 Å². The number of hydrogen-bond donors (Lipinski definition) is 3. The number of piperazine rings is 1. The van der Waals surface area contributed by atoms with Crippen molar-refractivity contribution in [2.24, 2.45) is 7.05 Å². The van der Waals surface area contributed by atoms with Gasteiger partial charge in [-0.1, -0.05) is 0 Å². The van der Waals surface area contributed by atoms with Crippen LogP contribution in [0, 0.1) is 0 Å². The van der Waals surface area contributed by atoms with E-state index in [4.69, 9.17) is 9.47 Å². The normalized spacial score (nSPS) is 14.7. The molecule has 2 atom stereocenters. The fourth-order valence-corrected chi connectivity index (χ4v) is 6.51. The smallest absolute Gasteiger partial charge is 0.490 e. The monoisotopic (exact) mass is 812 g/mol. The summed E-state index contributed by atoms with van der Waals surface area (Å²) < 4.78 is 55.4. The van der Waals surface area contributed by atoms with E-state index < -0.39 is 30.5 Å². The lowest BCUT2D eigenvalue weighted by molar-refractivity contribution is -0.274. The Kier molecular flexibility index (Phi) is 11.8. The summed E-state index contributed by atoms with van der Waals surface area (Å²) in [4.78, 5) is 38.0. The van der Waals surface area contributed by atoms with Gasteiger partial charge in [-0.15, -0.1) is 13.2 Å². The highest BCUT2D eigenvalue weighted by atomic mass is 79.9. The van der Waals surface area contributed by atoms with Gasteiger partial charge in [0.05, 0.1) is 46.3 Å². The summed E-state index contributed by atoms with van der Waals surface area (Å²) in [5, 5.41) is 19.8. The maximum atomic E-state index is 12.8. The Bertz CT molecular complexity index is 2090. The van der Waals surface area contributed by atoms with Gasteiger partial charge >= 0.3 is 18.4 Å². The Balaban J connectivity index is 0.948. The van der Waals surface area contributed by atoms with Gasteiger partial charge in [-0.25, -0.2) is 9.78 Å². The number of amides is 2. The molecule has 0 spiro atoms. The Morgan fingerprint density at radius 1 is 0.944 bits per heavy atom. The number of carboxylic acid groups (broad SMARTS) is 1. The summed E-state index contributed by atoms with van der Waals surface area (Å²) in [5.41, 5.74) is 4.54. The molecule has 0 radical (unpaired) electrons. The Morgan fingerprint density at radius 3 is 2.30 bits per heavy atom. The largest absolute Gasteiger partial charge is 0.573 e. The molecule has 0 saturated carbocycles. The van der Waals surface area contributed by atoms with Gasteiger partial charge in [0, 0.05) is 62.0 Å². The van der Waals surface area contributed by atoms with E-state index in [1.807, 2.05) is 23.0 Å². The highest BCUT2D eigenvalue weighted by Crippen LogP contribution is 2.29. The predicted octanol–water partition coefficient (Wildman–Crippen LogP) is 6.39. The second kappa shape index (κ2) is 16.7. The van der Waals surface area contributed by atoms with Crippen molar-refractivity contribution in [2.45, 2.75) is 25.4 Å². The number of carbonyl (C=O) groups is 2. The number of ether oxygens (including phenoxy) is 3. The van der Waals surface area contributed by atoms with Crippen LogP contribution in [0.2, 0.25) is 0 Å². The maximum Gasteiger partial charge on any atom is 0.573 e. The zero-order chi connectivity index (χ0) is 38.4. The predicted molar refractivity (Wildman–Crippen MR) is 198 cm³/mol. The molecule has 3 heterocycles. The van der Waals surface area contributed by atoms with Crippen molar-refractivity contribution in [2.75, 3.05) is 54.9 Å². The first kappa shape index (κ1) is 38.3. The first-order valence-corrected chi connectivity index (χ1v) is 17.6. The van der Waals surface area contributed by atoms with Gasteiger partial charge in [0.15, 0.2) is 0 Å². The van der Waals surface area contributed by atoms with Gasteiger partial charge in [-0.3, -0.25) is 19.4 Å². The average molecular weight is 814 g/mol. The van der Waals surface area contributed by atoms with Crippen molar-refractivity contribution >= 4 is 56.0 Å². The lowest BCUT2D eigenvalue weighted by atomic mass is 10.1. The molecule has 6 rings (SSSR count). The van der Waals surface area contributed by atoms with Crippen molar-refractivity contribution in [1.29, 1.82) is 0 Å². The number of aryl methyl sites for hydroxylation is 1. The average Bonchev–Trinajstić information content (AvgIpc) is 3.56. The number of fused-ring (bicyclic) bond motifs is 1. The van der Waals surface area contributed by atoms with Crippen molar-refractivity contribution in [1.82, 2.24) is 24.6 Å². The Labute approximate surface area is 316 Å². The highest BCUT2D eigenvalue weighted by Gasteiger charge is 2.34. The molecule has 2 unspecified atom stereocenters. The van der Waals surface area contributed by atoms with Crippen LogP contribution in [0.25, 0.3) is 22.3 Å². The number of benzene rings is 3. The minimum Gasteiger partial charge on any atom is -0.490 e. The number of nitrogens with one attached hydrogen (secondary N) is 2. The van der Waals surface area contributed by atoms with Crippen LogP contribution in [0.15, 0.2) is 83.7 Å². The third kappa shape index (κ3) is 9.94. The molecule has 18 heteroatoms. The molecule has 1 fully saturated rings. The van der Waals surface area contributed by atoms with Crippen LogP contribution < -0.4 is 25.0 Å². The molecule has 2 aromatic heterocycles. The number of carbonyl (C=O) groups excluding carboxylic acids is 1. The molecule has 1 saturated heterocycles. The first-order valence-electron chi connectivity index (χ1n) is 16.8. The summed E-state index contributed by atoms with van der Waals surface area (Å²) >= 11 is 3.47. The van der Waals surface area contributed by atoms with Gasteiger partial charge in [-0.2, -0.15) is 5.10 Å². The third-order valence-corrected chi connectivity index (χ3v) is 9.17. The molecular formula is C36H36BrF3N8O6. The van der Waals surface area contributed by atoms with Crippen LogP contribution >= 0.6 is 15.9 Å². The second-order valence-corrected chi connectivity index (χ2v) is 13.2. The molecule has 1 aliphatic rings. The highest BCUT2D eigenvalue weighted by molar-refractivity contribution is 9.10. The maximum absolute atomic E-state index is 12.8. The molecule has 0 aliphatic carbocycles. The van der Waals surface area contributed by atoms with E-state index >= 15 is 0 Å². The molecule has 54 heavy (non-hydrogen) atoms. The van der Waals surface area contributed by atoms with Crippen molar-refractivity contribution in [3.63, 3.8) is 0 Å². The zero-order valence-corrected chi connectivity index (χ0v) is 30.7. The van der Waals surface area contributed by atoms with Crippen LogP contribution in [-0.2, 0) is 16.6 Å². The molecule has 2 amide bonds. The van der Waals surface area contributed by atoms with Gasteiger partial charge in [0.1, 0.15) is 24.1 Å². The Morgan fingerprint density at radius 2 is 1.65 bits per heavy atom. The first-order chi connectivity index (χ1) is 25.8. The summed E-state index contributed by atoms with van der Waals surface area (Å²) in [5.74, 6) is -0.832. The van der Waals surface area contributed by atoms with Crippen molar-refractivity contribution in [3.05, 3.63) is 83.7 Å². The number of urea groups is 1. The molecule has 14 nitrogen and oxygen atoms in total. The number of alkyl halides is 3. The SMILES string of the molecule is CC(OCCOc1ccc(NC(=O)Nc2ccc3ncc(-c4cnn(C)c4)nc3c2)cc1Br)C(C(=O)O)N1CCN(c2ccc(OC(F)(F)F)cc2)CC1. The minimum absolute atomic E-state index is 0.117. The number of carboxylic acids is 1. The van der Waals surface area contributed by atoms with E-state index in [0.717, 1.165) is 5.56 Å². The number of halogens is 4. The van der Waals surface area contributed by atoms with Crippen LogP contribution in [-0.4, -0.2) is 99.7 Å².